The van der Waals surface area contributed by atoms with Crippen LogP contribution in [0.15, 0.2) is 57.9 Å². The molecule has 3 rings (SSSR count). The van der Waals surface area contributed by atoms with Gasteiger partial charge < -0.3 is 4.52 Å². The van der Waals surface area contributed by atoms with Crippen molar-refractivity contribution in [1.29, 1.82) is 0 Å². The van der Waals surface area contributed by atoms with Gasteiger partial charge in [-0.2, -0.15) is 9.71 Å². The normalized spacial score (nSPS) is 12.9. The molecule has 2 aromatic carbocycles. The molecule has 0 aliphatic rings. The van der Waals surface area contributed by atoms with Gasteiger partial charge in [-0.3, -0.25) is 0 Å². The van der Waals surface area contributed by atoms with Crippen LogP contribution < -0.4 is 4.72 Å². The van der Waals surface area contributed by atoms with Gasteiger partial charge >= 0.3 is 0 Å². The van der Waals surface area contributed by atoms with Gasteiger partial charge in [0.05, 0.1) is 10.9 Å². The molecule has 0 saturated heterocycles. The van der Waals surface area contributed by atoms with E-state index in [1.807, 2.05) is 6.92 Å². The van der Waals surface area contributed by atoms with E-state index >= 15 is 0 Å². The highest BCUT2D eigenvalue weighted by molar-refractivity contribution is 7.89. The maximum Gasteiger partial charge on any atom is 0.244 e. The fourth-order valence-corrected chi connectivity index (χ4v) is 3.52. The van der Waals surface area contributed by atoms with Gasteiger partial charge in [-0.1, -0.05) is 34.5 Å². The van der Waals surface area contributed by atoms with Crippen LogP contribution in [0.5, 0.6) is 0 Å². The third-order valence-corrected chi connectivity index (χ3v) is 5.39. The number of halogens is 1. The molecule has 25 heavy (non-hydrogen) atoms. The first-order valence-electron chi connectivity index (χ1n) is 7.54. The van der Waals surface area contributed by atoms with Gasteiger partial charge in [0.25, 0.3) is 0 Å². The summed E-state index contributed by atoms with van der Waals surface area (Å²) in [5.74, 6) is 0.550. The van der Waals surface area contributed by atoms with Crippen molar-refractivity contribution in [3.63, 3.8) is 0 Å². The Kier molecular flexibility index (Phi) is 4.89. The van der Waals surface area contributed by atoms with Crippen molar-refractivity contribution in [2.45, 2.75) is 24.8 Å². The van der Waals surface area contributed by atoms with Gasteiger partial charge in [0, 0.05) is 10.6 Å². The molecule has 1 atom stereocenters. The smallest absolute Gasteiger partial charge is 0.244 e. The molecule has 6 nitrogen and oxygen atoms in total. The number of aromatic nitrogens is 2. The second-order valence-corrected chi connectivity index (χ2v) is 7.77. The lowest BCUT2D eigenvalue weighted by atomic mass is 10.2. The zero-order valence-corrected chi connectivity index (χ0v) is 15.2. The van der Waals surface area contributed by atoms with E-state index in [2.05, 4.69) is 14.9 Å². The minimum atomic E-state index is -3.68. The highest BCUT2D eigenvalue weighted by atomic mass is 35.5. The van der Waals surface area contributed by atoms with E-state index < -0.39 is 16.1 Å². The molecule has 3 aromatic rings. The molecular formula is C17H16ClN3O3S. The number of nitrogens with one attached hydrogen (secondary N) is 1. The van der Waals surface area contributed by atoms with Crippen LogP contribution in [-0.4, -0.2) is 18.6 Å². The minimum Gasteiger partial charge on any atom is -0.337 e. The predicted octanol–water partition coefficient (Wildman–Crippen LogP) is 3.74. The van der Waals surface area contributed by atoms with Crippen LogP contribution in [0, 0.1) is 6.92 Å². The average Bonchev–Trinajstić information content (AvgIpc) is 3.06. The van der Waals surface area contributed by atoms with Gasteiger partial charge in [0.2, 0.25) is 21.7 Å². The number of sulfonamides is 1. The topological polar surface area (TPSA) is 85.1 Å². The first-order valence-corrected chi connectivity index (χ1v) is 9.40. The number of hydrogen-bond donors (Lipinski definition) is 1. The van der Waals surface area contributed by atoms with E-state index in [0.29, 0.717) is 10.8 Å². The van der Waals surface area contributed by atoms with Crippen LogP contribution in [0.3, 0.4) is 0 Å². The van der Waals surface area contributed by atoms with E-state index in [1.165, 1.54) is 0 Å². The fourth-order valence-electron chi connectivity index (χ4n) is 2.20. The van der Waals surface area contributed by atoms with Crippen molar-refractivity contribution < 1.29 is 12.9 Å². The Bertz CT molecular complexity index is 967. The van der Waals surface area contributed by atoms with E-state index in [-0.39, 0.29) is 10.8 Å². The zero-order chi connectivity index (χ0) is 18.0. The molecule has 0 fully saturated rings. The summed E-state index contributed by atoms with van der Waals surface area (Å²) in [6, 6.07) is 12.9. The van der Waals surface area contributed by atoms with Crippen LogP contribution in [0.2, 0.25) is 5.02 Å². The SMILES string of the molecule is Cc1ccc(S(=O)(=O)N[C@H](C)c2nc(-c3ccc(Cl)cc3)no2)cc1. The molecule has 1 heterocycles. The summed E-state index contributed by atoms with van der Waals surface area (Å²) in [5, 5.41) is 4.49. The van der Waals surface area contributed by atoms with Gasteiger partial charge in [-0.15, -0.1) is 0 Å². The number of benzene rings is 2. The third kappa shape index (κ3) is 4.07. The zero-order valence-electron chi connectivity index (χ0n) is 13.6. The largest absolute Gasteiger partial charge is 0.337 e. The Morgan fingerprint density at radius 2 is 1.72 bits per heavy atom. The first kappa shape index (κ1) is 17.6. The predicted molar refractivity (Wildman–Crippen MR) is 94.7 cm³/mol. The maximum atomic E-state index is 12.4. The molecular weight excluding hydrogens is 362 g/mol. The van der Waals surface area contributed by atoms with Gasteiger partial charge in [-0.05, 0) is 50.2 Å². The number of aryl methyl sites for hydroxylation is 1. The van der Waals surface area contributed by atoms with E-state index in [9.17, 15) is 8.42 Å². The molecule has 0 aliphatic heterocycles. The number of hydrogen-bond acceptors (Lipinski definition) is 5. The van der Waals surface area contributed by atoms with Crippen molar-refractivity contribution in [3.05, 3.63) is 65.0 Å². The van der Waals surface area contributed by atoms with Crippen LogP contribution >= 0.6 is 11.6 Å². The average molecular weight is 378 g/mol. The van der Waals surface area contributed by atoms with Crippen molar-refractivity contribution in [3.8, 4) is 11.4 Å². The van der Waals surface area contributed by atoms with E-state index in [0.717, 1.165) is 11.1 Å². The summed E-state index contributed by atoms with van der Waals surface area (Å²) in [6.45, 7) is 3.54. The third-order valence-electron chi connectivity index (χ3n) is 3.58. The Balaban J connectivity index is 1.78. The highest BCUT2D eigenvalue weighted by Gasteiger charge is 2.22. The second kappa shape index (κ2) is 6.95. The lowest BCUT2D eigenvalue weighted by Gasteiger charge is -2.10. The van der Waals surface area contributed by atoms with Crippen LogP contribution in [0.1, 0.15) is 24.4 Å². The molecule has 0 unspecified atom stereocenters. The molecule has 0 spiro atoms. The molecule has 0 radical (unpaired) electrons. The Morgan fingerprint density at radius 1 is 1.08 bits per heavy atom. The van der Waals surface area contributed by atoms with Gasteiger partial charge in [0.1, 0.15) is 0 Å². The standard InChI is InChI=1S/C17H16ClN3O3S/c1-11-3-9-15(10-4-11)25(22,23)21-12(2)17-19-16(20-24-17)13-5-7-14(18)8-6-13/h3-10,12,21H,1-2H3/t12-/m1/s1. The second-order valence-electron chi connectivity index (χ2n) is 5.62. The summed E-state index contributed by atoms with van der Waals surface area (Å²) in [5.41, 5.74) is 1.71. The Hall–Kier alpha value is -2.22. The molecule has 0 saturated carbocycles. The highest BCUT2D eigenvalue weighted by Crippen LogP contribution is 2.22. The quantitative estimate of drug-likeness (QED) is 0.732. The molecule has 0 amide bonds. The lowest BCUT2D eigenvalue weighted by molar-refractivity contribution is 0.354. The minimum absolute atomic E-state index is 0.181. The Morgan fingerprint density at radius 3 is 2.36 bits per heavy atom. The number of rotatable bonds is 5. The van der Waals surface area contributed by atoms with Crippen molar-refractivity contribution in [1.82, 2.24) is 14.9 Å². The van der Waals surface area contributed by atoms with Crippen LogP contribution in [0.25, 0.3) is 11.4 Å². The molecule has 1 N–H and O–H groups in total. The molecule has 1 aromatic heterocycles. The first-order chi connectivity index (χ1) is 11.8. The Labute approximate surface area is 150 Å². The summed E-state index contributed by atoms with van der Waals surface area (Å²) in [6.07, 6.45) is 0. The summed E-state index contributed by atoms with van der Waals surface area (Å²) < 4.78 is 32.6. The maximum absolute atomic E-state index is 12.4. The molecule has 0 bridgehead atoms. The van der Waals surface area contributed by atoms with Crippen molar-refractivity contribution >= 4 is 21.6 Å². The van der Waals surface area contributed by atoms with Crippen LogP contribution in [0.4, 0.5) is 0 Å². The molecule has 8 heteroatoms. The van der Waals surface area contributed by atoms with Crippen molar-refractivity contribution in [2.75, 3.05) is 0 Å². The van der Waals surface area contributed by atoms with E-state index in [4.69, 9.17) is 16.1 Å². The molecule has 0 aliphatic carbocycles. The van der Waals surface area contributed by atoms with Crippen LogP contribution in [-0.2, 0) is 10.0 Å². The lowest BCUT2D eigenvalue weighted by Crippen LogP contribution is -2.27. The van der Waals surface area contributed by atoms with Gasteiger partial charge in [0.15, 0.2) is 0 Å². The summed E-state index contributed by atoms with van der Waals surface area (Å²) in [7, 11) is -3.68. The van der Waals surface area contributed by atoms with Crippen molar-refractivity contribution in [2.24, 2.45) is 0 Å². The monoisotopic (exact) mass is 377 g/mol. The summed E-state index contributed by atoms with van der Waals surface area (Å²) in [4.78, 5) is 4.44. The summed E-state index contributed by atoms with van der Waals surface area (Å²) >= 11 is 5.85. The van der Waals surface area contributed by atoms with E-state index in [1.54, 1.807) is 55.5 Å². The fraction of sp³-hybridized carbons (Fsp3) is 0.176. The number of nitrogens with zero attached hydrogens (tertiary/aromatic N) is 2. The van der Waals surface area contributed by atoms with Gasteiger partial charge in [-0.25, -0.2) is 8.42 Å². The molecule has 130 valence electrons.